The fraction of sp³-hybridized carbons (Fsp3) is 0.280. The largest absolute Gasteiger partial charge is 0.445 e. The number of halogens is 1. The molecule has 0 bridgehead atoms. The van der Waals surface area contributed by atoms with Gasteiger partial charge in [0.1, 0.15) is 11.6 Å². The summed E-state index contributed by atoms with van der Waals surface area (Å²) in [5.41, 5.74) is 4.97. The van der Waals surface area contributed by atoms with Gasteiger partial charge in [0.25, 0.3) is 5.91 Å². The number of hydrogen-bond donors (Lipinski definition) is 0. The lowest BCUT2D eigenvalue weighted by atomic mass is 9.97. The molecule has 1 atom stereocenters. The monoisotopic (exact) mass is 462 g/mol. The van der Waals surface area contributed by atoms with Crippen molar-refractivity contribution in [1.82, 2.24) is 19.9 Å². The van der Waals surface area contributed by atoms with E-state index in [4.69, 9.17) is 4.42 Å². The Morgan fingerprint density at radius 3 is 2.88 bits per heavy atom. The Morgan fingerprint density at radius 1 is 1.21 bits per heavy atom. The summed E-state index contributed by atoms with van der Waals surface area (Å²) in [7, 11) is 0. The van der Waals surface area contributed by atoms with Crippen LogP contribution in [0.4, 0.5) is 4.39 Å². The van der Waals surface area contributed by atoms with Crippen molar-refractivity contribution in [3.05, 3.63) is 88.6 Å². The number of piperidine rings is 1. The van der Waals surface area contributed by atoms with Gasteiger partial charge in [-0.3, -0.25) is 9.78 Å². The highest BCUT2D eigenvalue weighted by Gasteiger charge is 2.28. The zero-order valence-corrected chi connectivity index (χ0v) is 19.0. The number of benzene rings is 1. The number of carbonyl (C=O) groups excluding carboxylic acids is 1. The van der Waals surface area contributed by atoms with Crippen LogP contribution in [0, 0.1) is 12.7 Å². The molecule has 3 aromatic heterocycles. The summed E-state index contributed by atoms with van der Waals surface area (Å²) in [6.45, 7) is 3.20. The average Bonchev–Trinajstić information content (AvgIpc) is 3.48. The van der Waals surface area contributed by atoms with Crippen LogP contribution in [0.15, 0.2) is 58.7 Å². The van der Waals surface area contributed by atoms with Gasteiger partial charge in [-0.25, -0.2) is 14.4 Å². The van der Waals surface area contributed by atoms with E-state index in [1.807, 2.05) is 30.0 Å². The molecule has 0 spiro atoms. The number of hydrogen-bond acceptors (Lipinski definition) is 6. The first-order valence-electron chi connectivity index (χ1n) is 10.9. The number of aryl methyl sites for hydroxylation is 1. The van der Waals surface area contributed by atoms with E-state index in [1.54, 1.807) is 35.3 Å². The minimum Gasteiger partial charge on any atom is -0.445 e. The molecule has 1 aromatic carbocycles. The molecule has 8 heteroatoms. The molecule has 0 radical (unpaired) electrons. The molecule has 1 fully saturated rings. The summed E-state index contributed by atoms with van der Waals surface area (Å²) in [6, 6.07) is 10.2. The van der Waals surface area contributed by atoms with Gasteiger partial charge in [-0.05, 0) is 49.6 Å². The maximum Gasteiger partial charge on any atom is 0.255 e. The molecule has 6 nitrogen and oxygen atoms in total. The lowest BCUT2D eigenvalue weighted by Gasteiger charge is -2.31. The Bertz CT molecular complexity index is 1270. The summed E-state index contributed by atoms with van der Waals surface area (Å²) >= 11 is 1.54. The quantitative estimate of drug-likeness (QED) is 0.405. The Balaban J connectivity index is 1.26. The third-order valence-corrected chi connectivity index (χ3v) is 6.84. The number of likely N-dealkylation sites (tertiary alicyclic amines) is 1. The van der Waals surface area contributed by atoms with Gasteiger partial charge in [0.05, 0.1) is 39.5 Å². The van der Waals surface area contributed by atoms with Crippen molar-refractivity contribution < 1.29 is 13.6 Å². The van der Waals surface area contributed by atoms with Crippen LogP contribution in [0.25, 0.3) is 10.6 Å². The Labute approximate surface area is 195 Å². The van der Waals surface area contributed by atoms with Gasteiger partial charge >= 0.3 is 0 Å². The number of amides is 1. The summed E-state index contributed by atoms with van der Waals surface area (Å²) in [5, 5.41) is 0. The topological polar surface area (TPSA) is 72.1 Å². The SMILES string of the molecule is Cc1ncsc1-c1ccc(C(=O)N2CCCC(c3ncc(Cc4cccc(F)c4)o3)C2)cn1. The van der Waals surface area contributed by atoms with Crippen molar-refractivity contribution in [2.24, 2.45) is 0 Å². The molecule has 4 heterocycles. The van der Waals surface area contributed by atoms with Crippen molar-refractivity contribution in [1.29, 1.82) is 0 Å². The number of thiazole rings is 1. The first kappa shape index (κ1) is 21.5. The smallest absolute Gasteiger partial charge is 0.255 e. The summed E-state index contributed by atoms with van der Waals surface area (Å²) in [5.74, 6) is 1.06. The van der Waals surface area contributed by atoms with Gasteiger partial charge < -0.3 is 9.32 Å². The van der Waals surface area contributed by atoms with Crippen molar-refractivity contribution in [3.8, 4) is 10.6 Å². The van der Waals surface area contributed by atoms with E-state index in [2.05, 4.69) is 15.0 Å². The molecule has 5 rings (SSSR count). The van der Waals surface area contributed by atoms with Crippen molar-refractivity contribution >= 4 is 17.2 Å². The minimum atomic E-state index is -0.265. The summed E-state index contributed by atoms with van der Waals surface area (Å²) in [4.78, 5) is 29.2. The van der Waals surface area contributed by atoms with Crippen LogP contribution in [0.1, 0.15) is 52.0 Å². The molecular weight excluding hydrogens is 439 g/mol. The van der Waals surface area contributed by atoms with Crippen molar-refractivity contribution in [2.75, 3.05) is 13.1 Å². The van der Waals surface area contributed by atoms with E-state index < -0.39 is 0 Å². The molecular formula is C25H23FN4O2S. The number of carbonyl (C=O) groups is 1. The predicted octanol–water partition coefficient (Wildman–Crippen LogP) is 5.25. The highest BCUT2D eigenvalue weighted by molar-refractivity contribution is 7.13. The number of oxazole rings is 1. The molecule has 1 unspecified atom stereocenters. The highest BCUT2D eigenvalue weighted by atomic mass is 32.1. The third kappa shape index (κ3) is 4.71. The van der Waals surface area contributed by atoms with Crippen LogP contribution >= 0.6 is 11.3 Å². The van der Waals surface area contributed by atoms with Crippen LogP contribution < -0.4 is 0 Å². The second-order valence-corrected chi connectivity index (χ2v) is 9.12. The van der Waals surface area contributed by atoms with E-state index in [1.165, 1.54) is 12.1 Å². The predicted molar refractivity (Wildman–Crippen MR) is 124 cm³/mol. The lowest BCUT2D eigenvalue weighted by molar-refractivity contribution is 0.0697. The number of pyridine rings is 1. The molecule has 1 saturated heterocycles. The maximum atomic E-state index is 13.4. The highest BCUT2D eigenvalue weighted by Crippen LogP contribution is 2.29. The van der Waals surface area contributed by atoms with Crippen LogP contribution in [-0.2, 0) is 6.42 Å². The molecule has 1 amide bonds. The summed E-state index contributed by atoms with van der Waals surface area (Å²) in [6.07, 6.45) is 5.61. The van der Waals surface area contributed by atoms with Crippen LogP contribution in [0.5, 0.6) is 0 Å². The molecule has 33 heavy (non-hydrogen) atoms. The maximum absolute atomic E-state index is 13.4. The van der Waals surface area contributed by atoms with Crippen LogP contribution in [-0.4, -0.2) is 38.8 Å². The zero-order valence-electron chi connectivity index (χ0n) is 18.2. The molecule has 0 saturated carbocycles. The first-order chi connectivity index (χ1) is 16.1. The van der Waals surface area contributed by atoms with Gasteiger partial charge in [-0.15, -0.1) is 11.3 Å². The average molecular weight is 463 g/mol. The fourth-order valence-electron chi connectivity index (χ4n) is 4.19. The van der Waals surface area contributed by atoms with Crippen LogP contribution in [0.2, 0.25) is 0 Å². The fourth-order valence-corrected chi connectivity index (χ4v) is 4.97. The van der Waals surface area contributed by atoms with E-state index in [0.717, 1.165) is 34.7 Å². The van der Waals surface area contributed by atoms with E-state index >= 15 is 0 Å². The molecule has 1 aliphatic rings. The normalized spacial score (nSPS) is 16.2. The van der Waals surface area contributed by atoms with Crippen LogP contribution in [0.3, 0.4) is 0 Å². The van der Waals surface area contributed by atoms with Gasteiger partial charge in [0.15, 0.2) is 5.89 Å². The minimum absolute atomic E-state index is 0.0358. The lowest BCUT2D eigenvalue weighted by Crippen LogP contribution is -2.39. The number of nitrogens with zero attached hydrogens (tertiary/aromatic N) is 4. The Kier molecular flexibility index (Phi) is 6.00. The number of aromatic nitrogens is 3. The third-order valence-electron chi connectivity index (χ3n) is 5.89. The Morgan fingerprint density at radius 2 is 2.12 bits per heavy atom. The van der Waals surface area contributed by atoms with E-state index in [9.17, 15) is 9.18 Å². The standard InChI is InChI=1S/C25H23FN4O2S/c1-16-23(33-15-29-16)22-8-7-18(12-27-22)25(31)30-9-3-5-19(14-30)24-28-13-21(32-24)11-17-4-2-6-20(26)10-17/h2,4,6-8,10,12-13,15,19H,3,5,9,11,14H2,1H3. The molecule has 168 valence electrons. The van der Waals surface area contributed by atoms with E-state index in [-0.39, 0.29) is 17.6 Å². The van der Waals surface area contributed by atoms with Crippen molar-refractivity contribution in [2.45, 2.75) is 32.1 Å². The van der Waals surface area contributed by atoms with E-state index in [0.29, 0.717) is 36.7 Å². The van der Waals surface area contributed by atoms with Gasteiger partial charge in [0.2, 0.25) is 0 Å². The molecule has 0 N–H and O–H groups in total. The molecule has 4 aromatic rings. The van der Waals surface area contributed by atoms with Gasteiger partial charge in [0, 0.05) is 25.7 Å². The Hall–Kier alpha value is -3.39. The zero-order chi connectivity index (χ0) is 22.8. The van der Waals surface area contributed by atoms with Gasteiger partial charge in [-0.1, -0.05) is 12.1 Å². The van der Waals surface area contributed by atoms with Gasteiger partial charge in [-0.2, -0.15) is 0 Å². The molecule has 1 aliphatic heterocycles. The number of rotatable bonds is 5. The van der Waals surface area contributed by atoms with Crippen molar-refractivity contribution in [3.63, 3.8) is 0 Å². The second kappa shape index (κ2) is 9.23. The molecule has 0 aliphatic carbocycles. The second-order valence-electron chi connectivity index (χ2n) is 8.26. The summed E-state index contributed by atoms with van der Waals surface area (Å²) < 4.78 is 19.4. The first-order valence-corrected chi connectivity index (χ1v) is 11.8.